The number of nitrogens with zero attached hydrogens (tertiary/aromatic N) is 3. The molecule has 0 bridgehead atoms. The number of rotatable bonds is 6. The average Bonchev–Trinajstić information content (AvgIpc) is 2.90. The van der Waals surface area contributed by atoms with Gasteiger partial charge < -0.3 is 15.5 Å². The summed E-state index contributed by atoms with van der Waals surface area (Å²) < 4.78 is 0. The SMILES string of the molecule is CN(C)C1(CNCC(=O)Nc2cnccn2)CCSC1. The molecule has 2 heterocycles. The van der Waals surface area contributed by atoms with Crippen LogP contribution in [0.5, 0.6) is 0 Å². The van der Waals surface area contributed by atoms with Gasteiger partial charge in [-0.15, -0.1) is 0 Å². The van der Waals surface area contributed by atoms with Crippen molar-refractivity contribution in [2.75, 3.05) is 44.0 Å². The smallest absolute Gasteiger partial charge is 0.239 e. The summed E-state index contributed by atoms with van der Waals surface area (Å²) in [6.45, 7) is 1.11. The van der Waals surface area contributed by atoms with E-state index >= 15 is 0 Å². The molecule has 2 rings (SSSR count). The van der Waals surface area contributed by atoms with Gasteiger partial charge in [0.2, 0.25) is 5.91 Å². The molecule has 0 radical (unpaired) electrons. The first-order valence-electron chi connectivity index (χ1n) is 6.64. The van der Waals surface area contributed by atoms with Crippen LogP contribution in [0.4, 0.5) is 5.82 Å². The molecule has 0 aliphatic carbocycles. The van der Waals surface area contributed by atoms with Crippen molar-refractivity contribution in [3.8, 4) is 0 Å². The van der Waals surface area contributed by atoms with E-state index in [1.807, 2.05) is 11.8 Å². The minimum atomic E-state index is -0.0925. The van der Waals surface area contributed by atoms with Crippen molar-refractivity contribution in [1.29, 1.82) is 0 Å². The lowest BCUT2D eigenvalue weighted by Gasteiger charge is -2.35. The predicted octanol–water partition coefficient (Wildman–Crippen LogP) is 0.442. The first-order chi connectivity index (χ1) is 9.62. The molecule has 0 saturated carbocycles. The standard InChI is InChI=1S/C13H21N5OS/c1-18(2)13(3-6-20-10-13)9-15-8-12(19)17-11-7-14-4-5-16-11/h4-5,7,15H,3,6,8-10H2,1-2H3,(H,16,17,19). The Balaban J connectivity index is 1.76. The predicted molar refractivity (Wildman–Crippen MR) is 81.9 cm³/mol. The molecule has 20 heavy (non-hydrogen) atoms. The molecule has 1 aliphatic heterocycles. The largest absolute Gasteiger partial charge is 0.308 e. The van der Waals surface area contributed by atoms with Crippen LogP contribution in [0, 0.1) is 0 Å². The summed E-state index contributed by atoms with van der Waals surface area (Å²) >= 11 is 1.97. The number of anilines is 1. The Kier molecular flexibility index (Phi) is 5.33. The number of nitrogens with one attached hydrogen (secondary N) is 2. The van der Waals surface area contributed by atoms with Crippen molar-refractivity contribution < 1.29 is 4.79 Å². The van der Waals surface area contributed by atoms with Crippen molar-refractivity contribution in [3.05, 3.63) is 18.6 Å². The van der Waals surface area contributed by atoms with Crippen LogP contribution in [0.15, 0.2) is 18.6 Å². The van der Waals surface area contributed by atoms with Gasteiger partial charge in [-0.2, -0.15) is 11.8 Å². The van der Waals surface area contributed by atoms with Gasteiger partial charge in [0, 0.05) is 30.2 Å². The van der Waals surface area contributed by atoms with Gasteiger partial charge in [-0.05, 0) is 26.3 Å². The van der Waals surface area contributed by atoms with Gasteiger partial charge >= 0.3 is 0 Å². The van der Waals surface area contributed by atoms with Gasteiger partial charge in [-0.25, -0.2) is 4.98 Å². The highest BCUT2D eigenvalue weighted by Gasteiger charge is 2.36. The Labute approximate surface area is 123 Å². The maximum atomic E-state index is 11.8. The second-order valence-corrected chi connectivity index (χ2v) is 6.27. The van der Waals surface area contributed by atoms with Gasteiger partial charge in [0.05, 0.1) is 12.7 Å². The summed E-state index contributed by atoms with van der Waals surface area (Å²) in [6.07, 6.45) is 5.82. The van der Waals surface area contributed by atoms with Crippen LogP contribution in [-0.4, -0.2) is 65.0 Å². The molecule has 1 atom stereocenters. The quantitative estimate of drug-likeness (QED) is 0.794. The molecular weight excluding hydrogens is 274 g/mol. The molecule has 0 aromatic carbocycles. The number of hydrogen-bond donors (Lipinski definition) is 2. The van der Waals surface area contributed by atoms with Crippen LogP contribution in [0.3, 0.4) is 0 Å². The molecule has 1 aromatic heterocycles. The number of likely N-dealkylation sites (N-methyl/N-ethyl adjacent to an activating group) is 1. The Bertz CT molecular complexity index is 434. The second kappa shape index (κ2) is 7.01. The number of carbonyl (C=O) groups excluding carboxylic acids is 1. The van der Waals surface area contributed by atoms with Crippen LogP contribution in [0.2, 0.25) is 0 Å². The van der Waals surface area contributed by atoms with Crippen LogP contribution < -0.4 is 10.6 Å². The highest BCUT2D eigenvalue weighted by molar-refractivity contribution is 7.99. The third kappa shape index (κ3) is 3.91. The van der Waals surface area contributed by atoms with Gasteiger partial charge in [0.1, 0.15) is 0 Å². The Morgan fingerprint density at radius 2 is 2.35 bits per heavy atom. The molecule has 7 heteroatoms. The summed E-state index contributed by atoms with van der Waals surface area (Å²) in [7, 11) is 4.21. The molecule has 1 amide bonds. The lowest BCUT2D eigenvalue weighted by atomic mass is 9.97. The number of aromatic nitrogens is 2. The zero-order valence-corrected chi connectivity index (χ0v) is 12.7. The van der Waals surface area contributed by atoms with E-state index in [1.165, 1.54) is 11.9 Å². The summed E-state index contributed by atoms with van der Waals surface area (Å²) in [5, 5.41) is 5.97. The summed E-state index contributed by atoms with van der Waals surface area (Å²) in [5.74, 6) is 2.69. The molecular formula is C13H21N5OS. The van der Waals surface area contributed by atoms with E-state index in [1.54, 1.807) is 12.4 Å². The molecule has 1 fully saturated rings. The molecule has 0 spiro atoms. The molecule has 1 unspecified atom stereocenters. The van der Waals surface area contributed by atoms with Crippen molar-refractivity contribution in [2.24, 2.45) is 0 Å². The van der Waals surface area contributed by atoms with E-state index in [0.717, 1.165) is 18.7 Å². The number of hydrogen-bond acceptors (Lipinski definition) is 6. The number of thioether (sulfide) groups is 1. The van der Waals surface area contributed by atoms with Crippen LogP contribution >= 0.6 is 11.8 Å². The maximum absolute atomic E-state index is 11.8. The Hall–Kier alpha value is -1.18. The average molecular weight is 295 g/mol. The molecule has 6 nitrogen and oxygen atoms in total. The van der Waals surface area contributed by atoms with Gasteiger partial charge in [0.25, 0.3) is 0 Å². The maximum Gasteiger partial charge on any atom is 0.239 e. The monoisotopic (exact) mass is 295 g/mol. The normalized spacial score (nSPS) is 22.1. The summed E-state index contributed by atoms with van der Waals surface area (Å²) in [5.41, 5.74) is 0.164. The molecule has 2 N–H and O–H groups in total. The lowest BCUT2D eigenvalue weighted by molar-refractivity contribution is -0.115. The fourth-order valence-electron chi connectivity index (χ4n) is 2.21. The van der Waals surface area contributed by atoms with Gasteiger partial charge in [0.15, 0.2) is 5.82 Å². The van der Waals surface area contributed by atoms with Crippen molar-refractivity contribution in [3.63, 3.8) is 0 Å². The fourth-order valence-corrected chi connectivity index (χ4v) is 3.76. The summed E-state index contributed by atoms with van der Waals surface area (Å²) in [4.78, 5) is 22.0. The molecule has 110 valence electrons. The Morgan fingerprint density at radius 3 is 2.95 bits per heavy atom. The number of amides is 1. The van der Waals surface area contributed by atoms with Gasteiger partial charge in [-0.3, -0.25) is 9.78 Å². The molecule has 1 aromatic rings. The van der Waals surface area contributed by atoms with Crippen LogP contribution in [0.1, 0.15) is 6.42 Å². The topological polar surface area (TPSA) is 70.2 Å². The van der Waals surface area contributed by atoms with Crippen molar-refractivity contribution in [1.82, 2.24) is 20.2 Å². The minimum Gasteiger partial charge on any atom is -0.308 e. The zero-order valence-electron chi connectivity index (χ0n) is 11.9. The molecule has 1 saturated heterocycles. The number of carbonyl (C=O) groups is 1. The van der Waals surface area contributed by atoms with E-state index in [4.69, 9.17) is 0 Å². The third-order valence-corrected chi connectivity index (χ3v) is 4.84. The second-order valence-electron chi connectivity index (χ2n) is 5.16. The Morgan fingerprint density at radius 1 is 1.50 bits per heavy atom. The first-order valence-corrected chi connectivity index (χ1v) is 7.80. The lowest BCUT2D eigenvalue weighted by Crippen LogP contribution is -2.52. The van der Waals surface area contributed by atoms with E-state index in [9.17, 15) is 4.79 Å². The minimum absolute atomic E-state index is 0.0925. The summed E-state index contributed by atoms with van der Waals surface area (Å²) in [6, 6.07) is 0. The van der Waals surface area contributed by atoms with Crippen molar-refractivity contribution in [2.45, 2.75) is 12.0 Å². The highest BCUT2D eigenvalue weighted by Crippen LogP contribution is 2.31. The first kappa shape index (κ1) is 15.2. The van der Waals surface area contributed by atoms with E-state index < -0.39 is 0 Å². The van der Waals surface area contributed by atoms with Crippen LogP contribution in [-0.2, 0) is 4.79 Å². The van der Waals surface area contributed by atoms with E-state index in [2.05, 4.69) is 39.6 Å². The van der Waals surface area contributed by atoms with Crippen molar-refractivity contribution >= 4 is 23.5 Å². The molecule has 1 aliphatic rings. The van der Waals surface area contributed by atoms with E-state index in [-0.39, 0.29) is 18.0 Å². The van der Waals surface area contributed by atoms with E-state index in [0.29, 0.717) is 5.82 Å². The highest BCUT2D eigenvalue weighted by atomic mass is 32.2. The zero-order chi connectivity index (χ0) is 14.4. The van der Waals surface area contributed by atoms with Crippen LogP contribution in [0.25, 0.3) is 0 Å². The fraction of sp³-hybridized carbons (Fsp3) is 0.615. The third-order valence-electron chi connectivity index (χ3n) is 3.60. The van der Waals surface area contributed by atoms with Gasteiger partial charge in [-0.1, -0.05) is 0 Å².